The van der Waals surface area contributed by atoms with E-state index in [1.165, 1.54) is 6.07 Å². The lowest BCUT2D eigenvalue weighted by molar-refractivity contribution is -0.144. The van der Waals surface area contributed by atoms with Gasteiger partial charge in [0.15, 0.2) is 0 Å². The van der Waals surface area contributed by atoms with Crippen LogP contribution in [0.4, 0.5) is 13.2 Å². The number of piperidine rings is 1. The van der Waals surface area contributed by atoms with Crippen LogP contribution in [0.15, 0.2) is 24.5 Å². The topological polar surface area (TPSA) is 63.5 Å². The Labute approximate surface area is 221 Å². The molecule has 2 aromatic heterocycles. The maximum atomic E-state index is 14.1. The largest absolute Gasteiger partial charge is 0.477 e. The molecule has 0 radical (unpaired) electrons. The van der Waals surface area contributed by atoms with Gasteiger partial charge in [0.2, 0.25) is 11.8 Å². The number of hydrogen-bond donors (Lipinski definition) is 0. The van der Waals surface area contributed by atoms with Gasteiger partial charge in [-0.25, -0.2) is 0 Å². The van der Waals surface area contributed by atoms with Crippen molar-refractivity contribution in [1.29, 1.82) is 0 Å². The van der Waals surface area contributed by atoms with Gasteiger partial charge >= 0.3 is 6.18 Å². The molecule has 4 aliphatic rings. The summed E-state index contributed by atoms with van der Waals surface area (Å²) in [6.45, 7) is 5.29. The zero-order chi connectivity index (χ0) is 26.5. The lowest BCUT2D eigenvalue weighted by atomic mass is 9.78. The fraction of sp³-hybridized carbons (Fsp3) is 0.679. The third kappa shape index (κ3) is 4.58. The quantitative estimate of drug-likeness (QED) is 0.551. The van der Waals surface area contributed by atoms with Crippen molar-refractivity contribution < 1.29 is 22.7 Å². The predicted molar refractivity (Wildman–Crippen MR) is 134 cm³/mol. The second kappa shape index (κ2) is 9.84. The minimum atomic E-state index is -4.43. The maximum Gasteiger partial charge on any atom is 0.417 e. The second-order valence-electron chi connectivity index (χ2n) is 11.5. The number of ether oxygens (including phenoxy) is 1. The smallest absolute Gasteiger partial charge is 0.417 e. The first-order valence-electron chi connectivity index (χ1n) is 14.0. The van der Waals surface area contributed by atoms with E-state index in [2.05, 4.69) is 15.0 Å². The van der Waals surface area contributed by atoms with Gasteiger partial charge in [-0.15, -0.1) is 5.10 Å². The second-order valence-corrected chi connectivity index (χ2v) is 11.5. The Kier molecular flexibility index (Phi) is 6.64. The number of rotatable bonds is 5. The summed E-state index contributed by atoms with van der Waals surface area (Å²) in [5.41, 5.74) is 0.104. The average Bonchev–Trinajstić information content (AvgIpc) is 3.62. The van der Waals surface area contributed by atoms with E-state index >= 15 is 0 Å². The van der Waals surface area contributed by atoms with E-state index in [-0.39, 0.29) is 17.9 Å². The summed E-state index contributed by atoms with van der Waals surface area (Å²) in [6, 6.07) is 3.85. The molecule has 0 aromatic carbocycles. The zero-order valence-electron chi connectivity index (χ0n) is 21.9. The number of carbonyl (C=O) groups excluding carboxylic acids is 1. The van der Waals surface area contributed by atoms with Gasteiger partial charge in [-0.3, -0.25) is 14.5 Å². The van der Waals surface area contributed by atoms with Crippen LogP contribution in [-0.4, -0.2) is 62.8 Å². The van der Waals surface area contributed by atoms with E-state index in [1.807, 2.05) is 28.8 Å². The van der Waals surface area contributed by atoms with Crippen molar-refractivity contribution in [2.45, 2.75) is 83.1 Å². The molecule has 0 unspecified atom stereocenters. The Hall–Kier alpha value is -2.62. The molecule has 7 nitrogen and oxygen atoms in total. The number of nitrogens with zero attached hydrogens (tertiary/aromatic N) is 5. The van der Waals surface area contributed by atoms with E-state index in [9.17, 15) is 18.0 Å². The molecule has 4 heterocycles. The third-order valence-electron chi connectivity index (χ3n) is 9.46. The first kappa shape index (κ1) is 25.6. The zero-order valence-corrected chi connectivity index (χ0v) is 21.9. The normalized spacial score (nSPS) is 28.4. The van der Waals surface area contributed by atoms with Crippen molar-refractivity contribution in [2.24, 2.45) is 11.3 Å². The van der Waals surface area contributed by atoms with Crippen LogP contribution in [0.2, 0.25) is 0 Å². The molecule has 0 N–H and O–H groups in total. The van der Waals surface area contributed by atoms with Crippen LogP contribution in [0.3, 0.4) is 0 Å². The predicted octanol–water partition coefficient (Wildman–Crippen LogP) is 4.87. The molecule has 10 heteroatoms. The Morgan fingerprint density at radius 3 is 2.76 bits per heavy atom. The van der Waals surface area contributed by atoms with E-state index in [1.54, 1.807) is 0 Å². The molecule has 6 rings (SSSR count). The van der Waals surface area contributed by atoms with Gasteiger partial charge in [0.05, 0.1) is 23.6 Å². The summed E-state index contributed by atoms with van der Waals surface area (Å²) in [5.74, 6) is 1.18. The fourth-order valence-corrected chi connectivity index (χ4v) is 7.57. The minimum absolute atomic E-state index is 0.153. The van der Waals surface area contributed by atoms with Gasteiger partial charge in [0.1, 0.15) is 0 Å². The molecule has 2 aromatic rings. The van der Waals surface area contributed by atoms with Crippen LogP contribution in [-0.2, 0) is 23.9 Å². The van der Waals surface area contributed by atoms with E-state index in [4.69, 9.17) is 4.74 Å². The van der Waals surface area contributed by atoms with Crippen molar-refractivity contribution >= 4 is 5.91 Å². The SMILES string of the molecule is CCOc1ccn(C2CCN([C@H]3C[C@H]4CCC[C@@]4(C(=O)N4CCc5ncc(C(F)(F)F)cc5C4)C3)CC2)n1. The first-order chi connectivity index (χ1) is 18.3. The molecule has 3 atom stereocenters. The lowest BCUT2D eigenvalue weighted by Gasteiger charge is -2.39. The van der Waals surface area contributed by atoms with Crippen molar-refractivity contribution in [2.75, 3.05) is 26.2 Å². The van der Waals surface area contributed by atoms with E-state index in [0.717, 1.165) is 64.2 Å². The first-order valence-corrected chi connectivity index (χ1v) is 14.0. The van der Waals surface area contributed by atoms with E-state index in [0.29, 0.717) is 54.7 Å². The van der Waals surface area contributed by atoms with Crippen LogP contribution in [0.1, 0.15) is 74.7 Å². The number of hydrogen-bond acceptors (Lipinski definition) is 5. The summed E-state index contributed by atoms with van der Waals surface area (Å²) in [4.78, 5) is 22.5. The minimum Gasteiger partial charge on any atom is -0.477 e. The van der Waals surface area contributed by atoms with Crippen LogP contribution >= 0.6 is 0 Å². The fourth-order valence-electron chi connectivity index (χ4n) is 7.57. The van der Waals surface area contributed by atoms with Crippen molar-refractivity contribution in [1.82, 2.24) is 24.6 Å². The number of fused-ring (bicyclic) bond motifs is 2. The number of carbonyl (C=O) groups is 1. The maximum absolute atomic E-state index is 14.1. The Morgan fingerprint density at radius 2 is 2.00 bits per heavy atom. The van der Waals surface area contributed by atoms with Crippen molar-refractivity contribution in [3.05, 3.63) is 41.3 Å². The van der Waals surface area contributed by atoms with Gasteiger partial charge in [-0.1, -0.05) is 6.42 Å². The highest BCUT2D eigenvalue weighted by Gasteiger charge is 2.57. The monoisotopic (exact) mass is 531 g/mol. The summed E-state index contributed by atoms with van der Waals surface area (Å²) < 4.78 is 47.4. The Balaban J connectivity index is 1.12. The van der Waals surface area contributed by atoms with Crippen molar-refractivity contribution in [3.63, 3.8) is 0 Å². The number of pyridine rings is 1. The van der Waals surface area contributed by atoms with Crippen LogP contribution < -0.4 is 4.74 Å². The standard InChI is InChI=1S/C28H36F3N5O2/c1-2-38-25-8-13-36(33-25)22-5-10-34(11-6-22)23-15-20-4-3-9-27(20,16-23)26(37)35-12-7-24-19(18-35)14-21(17-32-24)28(29,30)31/h8,13-14,17,20,22-23H,2-7,9-12,15-16,18H2,1H3/t20-,23+,27-/m1/s1. The molecule has 2 saturated carbocycles. The molecule has 2 aliphatic carbocycles. The Bertz CT molecular complexity index is 1180. The number of amides is 1. The lowest BCUT2D eigenvalue weighted by Crippen LogP contribution is -2.47. The number of alkyl halides is 3. The molecule has 1 saturated heterocycles. The summed E-state index contributed by atoms with van der Waals surface area (Å²) in [7, 11) is 0. The number of halogens is 3. The average molecular weight is 532 g/mol. The summed E-state index contributed by atoms with van der Waals surface area (Å²) in [6.07, 6.45) is 5.94. The highest BCUT2D eigenvalue weighted by atomic mass is 19.4. The third-order valence-corrected chi connectivity index (χ3v) is 9.46. The van der Waals surface area contributed by atoms with E-state index < -0.39 is 11.7 Å². The summed E-state index contributed by atoms with van der Waals surface area (Å²) >= 11 is 0. The molecule has 38 heavy (non-hydrogen) atoms. The van der Waals surface area contributed by atoms with Gasteiger partial charge in [0, 0.05) is 62.8 Å². The molecule has 2 aliphatic heterocycles. The summed E-state index contributed by atoms with van der Waals surface area (Å²) in [5, 5.41) is 4.57. The van der Waals surface area contributed by atoms with Gasteiger partial charge in [0.25, 0.3) is 0 Å². The molecule has 206 valence electrons. The molecule has 3 fully saturated rings. The molecule has 1 amide bonds. The van der Waals surface area contributed by atoms with Crippen LogP contribution in [0.5, 0.6) is 5.88 Å². The molecule has 0 spiro atoms. The number of aromatic nitrogens is 3. The highest BCUT2D eigenvalue weighted by Crippen LogP contribution is 2.57. The van der Waals surface area contributed by atoms with Crippen molar-refractivity contribution in [3.8, 4) is 5.88 Å². The van der Waals surface area contributed by atoms with Gasteiger partial charge in [-0.2, -0.15) is 13.2 Å². The van der Waals surface area contributed by atoms with Gasteiger partial charge in [-0.05, 0) is 63.0 Å². The highest BCUT2D eigenvalue weighted by molar-refractivity contribution is 5.84. The molecule has 0 bridgehead atoms. The van der Waals surface area contributed by atoms with Crippen LogP contribution in [0, 0.1) is 11.3 Å². The Morgan fingerprint density at radius 1 is 1.18 bits per heavy atom. The molecular weight excluding hydrogens is 495 g/mol. The molecular formula is C28H36F3N5O2. The van der Waals surface area contributed by atoms with Gasteiger partial charge < -0.3 is 14.5 Å². The van der Waals surface area contributed by atoms with Crippen LogP contribution in [0.25, 0.3) is 0 Å². The number of likely N-dealkylation sites (tertiary alicyclic amines) is 1.